The van der Waals surface area contributed by atoms with Gasteiger partial charge in [-0.2, -0.15) is 11.3 Å². The molecule has 0 radical (unpaired) electrons. The molecule has 2 nitrogen and oxygen atoms in total. The van der Waals surface area contributed by atoms with Gasteiger partial charge in [-0.3, -0.25) is 0 Å². The smallest absolute Gasteiger partial charge is 0.0594 e. The second-order valence-electron chi connectivity index (χ2n) is 3.97. The molecule has 1 saturated heterocycles. The van der Waals surface area contributed by atoms with Crippen LogP contribution in [0, 0.1) is 5.92 Å². The fourth-order valence-corrected chi connectivity index (χ4v) is 3.88. The van der Waals surface area contributed by atoms with Crippen molar-refractivity contribution < 1.29 is 4.74 Å². The molecule has 1 aliphatic heterocycles. The molecule has 0 saturated carbocycles. The minimum Gasteiger partial charge on any atom is -0.378 e. The number of halogens is 1. The fourth-order valence-electron chi connectivity index (χ4n) is 2.30. The molecule has 0 aromatic carbocycles. The second-order valence-corrected chi connectivity index (χ2v) is 5.57. The Morgan fingerprint density at radius 3 is 2.87 bits per heavy atom. The van der Waals surface area contributed by atoms with Crippen LogP contribution in [0.5, 0.6) is 0 Å². The van der Waals surface area contributed by atoms with Gasteiger partial charge in [-0.15, -0.1) is 0 Å². The van der Waals surface area contributed by atoms with Crippen LogP contribution in [0.2, 0.25) is 0 Å². The lowest BCUT2D eigenvalue weighted by Gasteiger charge is -2.25. The Hall–Kier alpha value is 0.1000. The van der Waals surface area contributed by atoms with E-state index in [-0.39, 0.29) is 0 Å². The van der Waals surface area contributed by atoms with Crippen LogP contribution in [0.15, 0.2) is 15.2 Å². The van der Waals surface area contributed by atoms with Crippen molar-refractivity contribution in [3.05, 3.63) is 20.8 Å². The van der Waals surface area contributed by atoms with Crippen molar-refractivity contribution >= 4 is 27.3 Å². The Labute approximate surface area is 103 Å². The van der Waals surface area contributed by atoms with E-state index in [1.165, 1.54) is 10.0 Å². The fraction of sp³-hybridized carbons (Fsp3) is 0.636. The Balaban J connectivity index is 2.20. The van der Waals surface area contributed by atoms with E-state index in [0.29, 0.717) is 18.1 Å². The van der Waals surface area contributed by atoms with E-state index in [1.54, 1.807) is 11.3 Å². The van der Waals surface area contributed by atoms with Crippen molar-refractivity contribution in [3.8, 4) is 0 Å². The third-order valence-electron chi connectivity index (χ3n) is 3.15. The van der Waals surface area contributed by atoms with E-state index < -0.39 is 0 Å². The van der Waals surface area contributed by atoms with Gasteiger partial charge in [0.2, 0.25) is 0 Å². The van der Waals surface area contributed by atoms with Crippen LogP contribution in [0.25, 0.3) is 0 Å². The summed E-state index contributed by atoms with van der Waals surface area (Å²) in [5.74, 6) is 0.584. The summed E-state index contributed by atoms with van der Waals surface area (Å²) in [6, 6.07) is 0.406. The normalized spacial score (nSPS) is 28.2. The van der Waals surface area contributed by atoms with Gasteiger partial charge in [0.05, 0.1) is 6.10 Å². The van der Waals surface area contributed by atoms with Gasteiger partial charge in [-0.1, -0.05) is 0 Å². The minimum absolute atomic E-state index is 0.356. The quantitative estimate of drug-likeness (QED) is 0.923. The summed E-state index contributed by atoms with van der Waals surface area (Å²) < 4.78 is 6.85. The standard InChI is InChI=1S/C11H16BrNOS/c1-7-8(3-4-14-7)11(13-2)9-5-15-6-10(9)12/h5-8,11,13H,3-4H2,1-2H3. The van der Waals surface area contributed by atoms with Gasteiger partial charge in [-0.05, 0) is 47.3 Å². The Morgan fingerprint density at radius 2 is 2.40 bits per heavy atom. The maximum absolute atomic E-state index is 5.63. The van der Waals surface area contributed by atoms with Gasteiger partial charge in [0.25, 0.3) is 0 Å². The van der Waals surface area contributed by atoms with Crippen LogP contribution >= 0.6 is 27.3 Å². The maximum Gasteiger partial charge on any atom is 0.0594 e. The van der Waals surface area contributed by atoms with E-state index in [2.05, 4.69) is 38.9 Å². The molecule has 3 unspecified atom stereocenters. The molecule has 0 amide bonds. The highest BCUT2D eigenvalue weighted by Crippen LogP contribution is 2.37. The molecule has 1 aliphatic rings. The molecule has 2 heterocycles. The van der Waals surface area contributed by atoms with E-state index in [4.69, 9.17) is 4.74 Å². The van der Waals surface area contributed by atoms with E-state index in [1.807, 2.05) is 7.05 Å². The first-order valence-electron chi connectivity index (χ1n) is 5.24. The van der Waals surface area contributed by atoms with Crippen LogP contribution in [-0.4, -0.2) is 19.8 Å². The van der Waals surface area contributed by atoms with Crippen LogP contribution in [0.4, 0.5) is 0 Å². The summed E-state index contributed by atoms with van der Waals surface area (Å²) in [5.41, 5.74) is 1.37. The number of rotatable bonds is 3. The predicted molar refractivity (Wildman–Crippen MR) is 67.3 cm³/mol. The van der Waals surface area contributed by atoms with Crippen LogP contribution < -0.4 is 5.32 Å². The highest BCUT2D eigenvalue weighted by Gasteiger charge is 2.32. The molecule has 0 aliphatic carbocycles. The zero-order valence-electron chi connectivity index (χ0n) is 9.00. The van der Waals surface area contributed by atoms with E-state index >= 15 is 0 Å². The SMILES string of the molecule is CNC(c1cscc1Br)C1CCOC1C. The molecule has 1 aromatic heterocycles. The summed E-state index contributed by atoms with van der Waals surface area (Å²) in [6.45, 7) is 3.06. The lowest BCUT2D eigenvalue weighted by atomic mass is 9.90. The average molecular weight is 290 g/mol. The highest BCUT2D eigenvalue weighted by molar-refractivity contribution is 9.10. The van der Waals surface area contributed by atoms with E-state index in [9.17, 15) is 0 Å². The molecule has 3 atom stereocenters. The third-order valence-corrected chi connectivity index (χ3v) is 4.90. The predicted octanol–water partition coefficient (Wildman–Crippen LogP) is 3.20. The van der Waals surface area contributed by atoms with Crippen LogP contribution in [0.1, 0.15) is 24.9 Å². The minimum atomic E-state index is 0.356. The summed E-state index contributed by atoms with van der Waals surface area (Å²) in [5, 5.41) is 7.77. The van der Waals surface area contributed by atoms with Crippen LogP contribution in [-0.2, 0) is 4.74 Å². The van der Waals surface area contributed by atoms with Crippen molar-refractivity contribution in [2.45, 2.75) is 25.5 Å². The van der Waals surface area contributed by atoms with E-state index in [0.717, 1.165) is 13.0 Å². The summed E-state index contributed by atoms with van der Waals surface area (Å²) in [7, 11) is 2.03. The maximum atomic E-state index is 5.63. The van der Waals surface area contributed by atoms with Gasteiger partial charge < -0.3 is 10.1 Å². The average Bonchev–Trinajstić information content (AvgIpc) is 2.80. The van der Waals surface area contributed by atoms with Crippen molar-refractivity contribution in [1.82, 2.24) is 5.32 Å². The largest absolute Gasteiger partial charge is 0.378 e. The van der Waals surface area contributed by atoms with Crippen molar-refractivity contribution in [1.29, 1.82) is 0 Å². The molecule has 0 spiro atoms. The lowest BCUT2D eigenvalue weighted by molar-refractivity contribution is 0.0963. The first-order valence-corrected chi connectivity index (χ1v) is 6.98. The summed E-state index contributed by atoms with van der Waals surface area (Å²) in [6.07, 6.45) is 1.50. The molecule has 15 heavy (non-hydrogen) atoms. The van der Waals surface area contributed by atoms with Crippen molar-refractivity contribution in [2.24, 2.45) is 5.92 Å². The lowest BCUT2D eigenvalue weighted by Crippen LogP contribution is -2.29. The first kappa shape index (κ1) is 11.6. The van der Waals surface area contributed by atoms with Gasteiger partial charge in [0.1, 0.15) is 0 Å². The molecule has 1 fully saturated rings. The van der Waals surface area contributed by atoms with Gasteiger partial charge in [0, 0.05) is 28.4 Å². The zero-order valence-corrected chi connectivity index (χ0v) is 11.4. The molecule has 2 rings (SSSR count). The molecule has 1 aromatic rings. The molecular formula is C11H16BrNOS. The molecule has 1 N–H and O–H groups in total. The summed E-state index contributed by atoms with van der Waals surface area (Å²) >= 11 is 5.35. The second kappa shape index (κ2) is 4.95. The Bertz CT molecular complexity index is 328. The van der Waals surface area contributed by atoms with Gasteiger partial charge in [-0.25, -0.2) is 0 Å². The zero-order chi connectivity index (χ0) is 10.8. The number of nitrogens with one attached hydrogen (secondary N) is 1. The number of thiophene rings is 1. The van der Waals surface area contributed by atoms with Crippen LogP contribution in [0.3, 0.4) is 0 Å². The third kappa shape index (κ3) is 2.28. The van der Waals surface area contributed by atoms with Gasteiger partial charge in [0.15, 0.2) is 0 Å². The highest BCUT2D eigenvalue weighted by atomic mass is 79.9. The number of hydrogen-bond acceptors (Lipinski definition) is 3. The monoisotopic (exact) mass is 289 g/mol. The summed E-state index contributed by atoms with van der Waals surface area (Å²) in [4.78, 5) is 0. The Morgan fingerprint density at radius 1 is 1.60 bits per heavy atom. The number of hydrogen-bond donors (Lipinski definition) is 1. The molecule has 4 heteroatoms. The molecular weight excluding hydrogens is 274 g/mol. The Kier molecular flexibility index (Phi) is 3.83. The van der Waals surface area contributed by atoms with Crippen molar-refractivity contribution in [2.75, 3.05) is 13.7 Å². The number of ether oxygens (including phenoxy) is 1. The first-order chi connectivity index (χ1) is 7.24. The van der Waals surface area contributed by atoms with Crippen molar-refractivity contribution in [3.63, 3.8) is 0 Å². The van der Waals surface area contributed by atoms with Gasteiger partial charge >= 0.3 is 0 Å². The topological polar surface area (TPSA) is 21.3 Å². The molecule has 0 bridgehead atoms. The molecule has 84 valence electrons.